The largest absolute Gasteiger partial charge is 0.492 e. The molecular weight excluding hydrogens is 276 g/mol. The Balaban J connectivity index is 2.44. The quantitative estimate of drug-likeness (QED) is 0.909. The molecule has 1 amide bonds. The van der Waals surface area contributed by atoms with Crippen LogP contribution < -0.4 is 10.5 Å². The molecule has 0 spiro atoms. The molecule has 0 aromatic heterocycles. The molecular formula is C15H23ClN2O2. The van der Waals surface area contributed by atoms with E-state index in [1.165, 1.54) is 0 Å². The maximum absolute atomic E-state index is 12.1. The van der Waals surface area contributed by atoms with E-state index in [-0.39, 0.29) is 11.3 Å². The number of benzene rings is 1. The van der Waals surface area contributed by atoms with Crippen LogP contribution in [0.15, 0.2) is 24.3 Å². The molecule has 1 atom stereocenters. The number of likely N-dealkylation sites (N-methyl/N-ethyl adjacent to an activating group) is 1. The second-order valence-corrected chi connectivity index (χ2v) is 6.35. The van der Waals surface area contributed by atoms with E-state index in [9.17, 15) is 4.79 Å². The summed E-state index contributed by atoms with van der Waals surface area (Å²) in [6.07, 6.45) is 0. The number of carbonyl (C=O) groups excluding carboxylic acids is 1. The molecule has 0 fully saturated rings. The van der Waals surface area contributed by atoms with E-state index in [2.05, 4.69) is 0 Å². The topological polar surface area (TPSA) is 55.6 Å². The molecule has 0 aliphatic heterocycles. The van der Waals surface area contributed by atoms with Gasteiger partial charge in [0.05, 0.1) is 12.6 Å². The van der Waals surface area contributed by atoms with Crippen molar-refractivity contribution < 1.29 is 9.53 Å². The Morgan fingerprint density at radius 1 is 1.45 bits per heavy atom. The van der Waals surface area contributed by atoms with Gasteiger partial charge in [0.15, 0.2) is 0 Å². The predicted molar refractivity (Wildman–Crippen MR) is 82.0 cm³/mol. The number of carbonyl (C=O) groups is 1. The third-order valence-electron chi connectivity index (χ3n) is 3.07. The lowest BCUT2D eigenvalue weighted by atomic mass is 9.86. The fourth-order valence-corrected chi connectivity index (χ4v) is 1.76. The minimum absolute atomic E-state index is 0.0767. The average molecular weight is 299 g/mol. The van der Waals surface area contributed by atoms with Crippen LogP contribution in [0.2, 0.25) is 5.02 Å². The maximum Gasteiger partial charge on any atom is 0.239 e. The number of amides is 1. The number of ether oxygens (including phenoxy) is 1. The smallest absolute Gasteiger partial charge is 0.239 e. The zero-order valence-electron chi connectivity index (χ0n) is 12.5. The van der Waals surface area contributed by atoms with Gasteiger partial charge in [-0.1, -0.05) is 38.4 Å². The van der Waals surface area contributed by atoms with Crippen molar-refractivity contribution in [2.75, 3.05) is 20.2 Å². The van der Waals surface area contributed by atoms with Crippen LogP contribution in [0.5, 0.6) is 5.75 Å². The number of hydrogen-bond donors (Lipinski definition) is 1. The first-order valence-corrected chi connectivity index (χ1v) is 6.98. The van der Waals surface area contributed by atoms with Crippen LogP contribution in [0.3, 0.4) is 0 Å². The minimum atomic E-state index is -0.515. The Bertz CT molecular complexity index is 457. The van der Waals surface area contributed by atoms with Crippen molar-refractivity contribution in [1.29, 1.82) is 0 Å². The summed E-state index contributed by atoms with van der Waals surface area (Å²) >= 11 is 5.87. The molecule has 0 aliphatic carbocycles. The molecule has 1 aromatic carbocycles. The highest BCUT2D eigenvalue weighted by Crippen LogP contribution is 2.19. The second kappa shape index (κ2) is 6.95. The van der Waals surface area contributed by atoms with Crippen molar-refractivity contribution in [3.63, 3.8) is 0 Å². The van der Waals surface area contributed by atoms with E-state index in [0.717, 1.165) is 0 Å². The molecule has 1 unspecified atom stereocenters. The van der Waals surface area contributed by atoms with Crippen LogP contribution in [0.1, 0.15) is 20.8 Å². The summed E-state index contributed by atoms with van der Waals surface area (Å²) in [7, 11) is 1.73. The molecule has 0 heterocycles. The van der Waals surface area contributed by atoms with Crippen molar-refractivity contribution in [2.45, 2.75) is 26.8 Å². The summed E-state index contributed by atoms with van der Waals surface area (Å²) < 4.78 is 5.55. The van der Waals surface area contributed by atoms with Crippen LogP contribution >= 0.6 is 11.6 Å². The Hall–Kier alpha value is -1.26. The van der Waals surface area contributed by atoms with E-state index in [1.807, 2.05) is 32.9 Å². The second-order valence-electron chi connectivity index (χ2n) is 5.91. The van der Waals surface area contributed by atoms with E-state index in [1.54, 1.807) is 24.1 Å². The Kier molecular flexibility index (Phi) is 5.84. The van der Waals surface area contributed by atoms with Crippen LogP contribution in [0.4, 0.5) is 0 Å². The van der Waals surface area contributed by atoms with Gasteiger partial charge in [0.25, 0.3) is 0 Å². The average Bonchev–Trinajstić information content (AvgIpc) is 2.35. The fraction of sp³-hybridized carbons (Fsp3) is 0.533. The van der Waals surface area contributed by atoms with Crippen LogP contribution in [0.25, 0.3) is 0 Å². The lowest BCUT2D eigenvalue weighted by Crippen LogP contribution is -2.49. The normalized spacial score (nSPS) is 12.9. The summed E-state index contributed by atoms with van der Waals surface area (Å²) in [4.78, 5) is 13.7. The summed E-state index contributed by atoms with van der Waals surface area (Å²) in [5, 5.41) is 0.627. The monoisotopic (exact) mass is 298 g/mol. The van der Waals surface area contributed by atoms with Gasteiger partial charge in [-0.05, 0) is 23.6 Å². The third-order valence-corrected chi connectivity index (χ3v) is 3.30. The highest BCUT2D eigenvalue weighted by molar-refractivity contribution is 6.30. The molecule has 20 heavy (non-hydrogen) atoms. The zero-order chi connectivity index (χ0) is 15.3. The molecule has 0 saturated carbocycles. The molecule has 1 rings (SSSR count). The van der Waals surface area contributed by atoms with Crippen LogP contribution in [-0.2, 0) is 4.79 Å². The number of rotatable bonds is 5. The van der Waals surface area contributed by atoms with Gasteiger partial charge in [0.1, 0.15) is 12.4 Å². The van der Waals surface area contributed by atoms with E-state index >= 15 is 0 Å². The van der Waals surface area contributed by atoms with E-state index < -0.39 is 6.04 Å². The van der Waals surface area contributed by atoms with Gasteiger partial charge in [0, 0.05) is 12.1 Å². The van der Waals surface area contributed by atoms with E-state index in [0.29, 0.717) is 23.9 Å². The molecule has 0 radical (unpaired) electrons. The number of nitrogens with zero attached hydrogens (tertiary/aromatic N) is 1. The van der Waals surface area contributed by atoms with Gasteiger partial charge in [-0.25, -0.2) is 0 Å². The standard InChI is InChI=1S/C15H23ClN2O2/c1-15(2,3)13(17)14(19)18(4)8-9-20-12-7-5-6-11(16)10-12/h5-7,10,13H,8-9,17H2,1-4H3. The van der Waals surface area contributed by atoms with Crippen molar-refractivity contribution in [1.82, 2.24) is 4.90 Å². The summed E-state index contributed by atoms with van der Waals surface area (Å²) in [6.45, 7) is 6.73. The highest BCUT2D eigenvalue weighted by Gasteiger charge is 2.29. The first-order valence-electron chi connectivity index (χ1n) is 6.61. The van der Waals surface area contributed by atoms with E-state index in [4.69, 9.17) is 22.1 Å². The zero-order valence-corrected chi connectivity index (χ0v) is 13.3. The number of halogens is 1. The molecule has 112 valence electrons. The van der Waals surface area contributed by atoms with Crippen molar-refractivity contribution in [3.05, 3.63) is 29.3 Å². The first-order chi connectivity index (χ1) is 9.21. The summed E-state index contributed by atoms with van der Waals surface area (Å²) in [6, 6.07) is 6.66. The van der Waals surface area contributed by atoms with Gasteiger partial charge < -0.3 is 15.4 Å². The molecule has 5 heteroatoms. The Labute approximate surface area is 125 Å². The lowest BCUT2D eigenvalue weighted by Gasteiger charge is -2.29. The van der Waals surface area contributed by atoms with Gasteiger partial charge >= 0.3 is 0 Å². The van der Waals surface area contributed by atoms with Gasteiger partial charge in [0.2, 0.25) is 5.91 Å². The van der Waals surface area contributed by atoms with Crippen LogP contribution in [0, 0.1) is 5.41 Å². The predicted octanol–water partition coefficient (Wildman–Crippen LogP) is 2.55. The molecule has 0 bridgehead atoms. The molecule has 4 nitrogen and oxygen atoms in total. The molecule has 2 N–H and O–H groups in total. The molecule has 0 aliphatic rings. The Morgan fingerprint density at radius 3 is 2.65 bits per heavy atom. The van der Waals surface area contributed by atoms with Crippen LogP contribution in [-0.4, -0.2) is 37.0 Å². The van der Waals surface area contributed by atoms with Gasteiger partial charge in [-0.2, -0.15) is 0 Å². The minimum Gasteiger partial charge on any atom is -0.492 e. The molecule has 0 saturated heterocycles. The lowest BCUT2D eigenvalue weighted by molar-refractivity contribution is -0.133. The van der Waals surface area contributed by atoms with Gasteiger partial charge in [-0.3, -0.25) is 4.79 Å². The first kappa shape index (κ1) is 16.8. The molecule has 1 aromatic rings. The maximum atomic E-state index is 12.1. The third kappa shape index (κ3) is 5.02. The van der Waals surface area contributed by atoms with Crippen molar-refractivity contribution >= 4 is 17.5 Å². The number of hydrogen-bond acceptors (Lipinski definition) is 3. The number of nitrogens with two attached hydrogens (primary N) is 1. The highest BCUT2D eigenvalue weighted by atomic mass is 35.5. The van der Waals surface area contributed by atoms with Crippen molar-refractivity contribution in [2.24, 2.45) is 11.1 Å². The SMILES string of the molecule is CN(CCOc1cccc(Cl)c1)C(=O)C(N)C(C)(C)C. The summed E-state index contributed by atoms with van der Waals surface area (Å²) in [5.74, 6) is 0.616. The fourth-order valence-electron chi connectivity index (χ4n) is 1.58. The summed E-state index contributed by atoms with van der Waals surface area (Å²) in [5.41, 5.74) is 5.70. The van der Waals surface area contributed by atoms with Crippen molar-refractivity contribution in [3.8, 4) is 5.75 Å². The van der Waals surface area contributed by atoms with Gasteiger partial charge in [-0.15, -0.1) is 0 Å². The Morgan fingerprint density at radius 2 is 2.10 bits per heavy atom.